The van der Waals surface area contributed by atoms with Gasteiger partial charge in [-0.15, -0.1) is 23.1 Å². The molecule has 0 aliphatic rings. The number of hydrogen-bond acceptors (Lipinski definition) is 5. The summed E-state index contributed by atoms with van der Waals surface area (Å²) in [4.78, 5) is 19.7. The fourth-order valence-corrected chi connectivity index (χ4v) is 4.19. The summed E-state index contributed by atoms with van der Waals surface area (Å²) in [6.45, 7) is 3.16. The minimum Gasteiger partial charge on any atom is -0.494 e. The van der Waals surface area contributed by atoms with E-state index in [0.29, 0.717) is 18.9 Å². The van der Waals surface area contributed by atoms with E-state index in [-0.39, 0.29) is 5.91 Å². The molecule has 6 heteroatoms. The van der Waals surface area contributed by atoms with E-state index in [1.807, 2.05) is 56.4 Å². The van der Waals surface area contributed by atoms with Crippen molar-refractivity contribution >= 4 is 39.2 Å². The first-order valence-corrected chi connectivity index (χ1v) is 9.90. The van der Waals surface area contributed by atoms with Gasteiger partial charge in [-0.1, -0.05) is 12.1 Å². The van der Waals surface area contributed by atoms with Crippen molar-refractivity contribution in [3.8, 4) is 5.75 Å². The van der Waals surface area contributed by atoms with Crippen LogP contribution in [0.3, 0.4) is 0 Å². The molecule has 0 saturated carbocycles. The van der Waals surface area contributed by atoms with Crippen LogP contribution in [0.15, 0.2) is 53.4 Å². The molecule has 0 unspecified atom stereocenters. The molecule has 25 heavy (non-hydrogen) atoms. The van der Waals surface area contributed by atoms with Crippen LogP contribution in [0.25, 0.3) is 10.2 Å². The summed E-state index contributed by atoms with van der Waals surface area (Å²) < 4.78 is 6.58. The molecule has 0 bridgehead atoms. The van der Waals surface area contributed by atoms with Gasteiger partial charge in [0.05, 0.1) is 29.1 Å². The fraction of sp³-hybridized carbons (Fsp3) is 0.263. The van der Waals surface area contributed by atoms with E-state index in [1.54, 1.807) is 16.2 Å². The van der Waals surface area contributed by atoms with Gasteiger partial charge in [-0.2, -0.15) is 0 Å². The Bertz CT molecular complexity index is 813. The molecule has 0 spiro atoms. The quantitative estimate of drug-likeness (QED) is 0.575. The molecule has 2 aromatic carbocycles. The lowest BCUT2D eigenvalue weighted by atomic mass is 10.3. The molecule has 1 aromatic heterocycles. The van der Waals surface area contributed by atoms with Crippen LogP contribution in [-0.4, -0.2) is 35.2 Å². The summed E-state index contributed by atoms with van der Waals surface area (Å²) in [5.41, 5.74) is 0.993. The molecule has 0 N–H and O–H groups in total. The number of carbonyl (C=O) groups excluding carboxylic acids is 1. The maximum atomic E-state index is 12.4. The number of amides is 1. The number of rotatable bonds is 7. The van der Waals surface area contributed by atoms with E-state index < -0.39 is 0 Å². The lowest BCUT2D eigenvalue weighted by molar-refractivity contribution is -0.127. The highest BCUT2D eigenvalue weighted by Crippen LogP contribution is 2.24. The monoisotopic (exact) mass is 372 g/mol. The Morgan fingerprint density at radius 1 is 1.20 bits per heavy atom. The van der Waals surface area contributed by atoms with E-state index in [0.717, 1.165) is 25.9 Å². The molecule has 3 rings (SSSR count). The van der Waals surface area contributed by atoms with Crippen molar-refractivity contribution in [2.75, 3.05) is 19.4 Å². The number of thioether (sulfide) groups is 1. The number of hydrogen-bond donors (Lipinski definition) is 0. The van der Waals surface area contributed by atoms with Crippen molar-refractivity contribution < 1.29 is 9.53 Å². The third-order valence-corrected chi connectivity index (χ3v) is 5.65. The van der Waals surface area contributed by atoms with Gasteiger partial charge in [0, 0.05) is 11.9 Å². The Balaban J connectivity index is 1.53. The molecule has 3 aromatic rings. The fourth-order valence-electron chi connectivity index (χ4n) is 2.33. The lowest BCUT2D eigenvalue weighted by Crippen LogP contribution is -2.27. The number of benzene rings is 2. The maximum absolute atomic E-state index is 12.4. The molecule has 1 amide bonds. The van der Waals surface area contributed by atoms with Crippen molar-refractivity contribution in [3.05, 3.63) is 53.5 Å². The number of para-hydroxylation sites is 1. The highest BCUT2D eigenvalue weighted by atomic mass is 32.2. The zero-order chi connectivity index (χ0) is 17.6. The smallest absolute Gasteiger partial charge is 0.233 e. The van der Waals surface area contributed by atoms with Crippen molar-refractivity contribution in [1.82, 2.24) is 9.88 Å². The van der Waals surface area contributed by atoms with E-state index in [4.69, 9.17) is 4.74 Å². The van der Waals surface area contributed by atoms with E-state index in [9.17, 15) is 4.79 Å². The van der Waals surface area contributed by atoms with Crippen LogP contribution < -0.4 is 4.74 Å². The van der Waals surface area contributed by atoms with Crippen LogP contribution in [0.2, 0.25) is 0 Å². The van der Waals surface area contributed by atoms with Gasteiger partial charge >= 0.3 is 0 Å². The predicted molar refractivity (Wildman–Crippen MR) is 104 cm³/mol. The Hall–Kier alpha value is -2.05. The largest absolute Gasteiger partial charge is 0.494 e. The Morgan fingerprint density at radius 3 is 2.68 bits per heavy atom. The Morgan fingerprint density at radius 2 is 1.96 bits per heavy atom. The summed E-state index contributed by atoms with van der Waals surface area (Å²) in [5, 5.41) is 0.961. The molecular formula is C19H20N2O2S2. The van der Waals surface area contributed by atoms with Gasteiger partial charge in [-0.25, -0.2) is 4.98 Å². The molecule has 1 heterocycles. The average Bonchev–Trinajstić information content (AvgIpc) is 3.03. The van der Waals surface area contributed by atoms with Gasteiger partial charge in [0.2, 0.25) is 5.91 Å². The zero-order valence-corrected chi connectivity index (χ0v) is 15.9. The predicted octanol–water partition coefficient (Wildman–Crippen LogP) is 4.45. The molecular weight excluding hydrogens is 352 g/mol. The van der Waals surface area contributed by atoms with E-state index in [2.05, 4.69) is 11.1 Å². The second kappa shape index (κ2) is 8.36. The van der Waals surface area contributed by atoms with Crippen LogP contribution in [0.1, 0.15) is 11.9 Å². The SMILES string of the molecule is CCOc1ccc(SCC(=O)N(C)Cc2nc3ccccc3s2)cc1. The van der Waals surface area contributed by atoms with Crippen molar-refractivity contribution in [3.63, 3.8) is 0 Å². The van der Waals surface area contributed by atoms with Crippen LogP contribution in [0.4, 0.5) is 0 Å². The first-order valence-electron chi connectivity index (χ1n) is 8.10. The number of carbonyl (C=O) groups is 1. The molecule has 4 nitrogen and oxygen atoms in total. The molecule has 0 aliphatic carbocycles. The van der Waals surface area contributed by atoms with Gasteiger partial charge < -0.3 is 9.64 Å². The third-order valence-electron chi connectivity index (χ3n) is 3.63. The van der Waals surface area contributed by atoms with Gasteiger partial charge in [0.25, 0.3) is 0 Å². The summed E-state index contributed by atoms with van der Waals surface area (Å²) in [6, 6.07) is 15.9. The first-order chi connectivity index (χ1) is 12.2. The van der Waals surface area contributed by atoms with Crippen LogP contribution in [-0.2, 0) is 11.3 Å². The first kappa shape index (κ1) is 17.8. The van der Waals surface area contributed by atoms with Crippen molar-refractivity contribution in [1.29, 1.82) is 0 Å². The zero-order valence-electron chi connectivity index (χ0n) is 14.3. The van der Waals surface area contributed by atoms with Crippen molar-refractivity contribution in [2.24, 2.45) is 0 Å². The average molecular weight is 373 g/mol. The van der Waals surface area contributed by atoms with Crippen LogP contribution >= 0.6 is 23.1 Å². The maximum Gasteiger partial charge on any atom is 0.233 e. The summed E-state index contributed by atoms with van der Waals surface area (Å²) in [5.74, 6) is 1.36. The van der Waals surface area contributed by atoms with Crippen LogP contribution in [0, 0.1) is 0 Å². The topological polar surface area (TPSA) is 42.4 Å². The summed E-state index contributed by atoms with van der Waals surface area (Å²) >= 11 is 3.17. The summed E-state index contributed by atoms with van der Waals surface area (Å²) in [7, 11) is 1.83. The Labute approximate surface area is 155 Å². The molecule has 0 saturated heterocycles. The second-order valence-corrected chi connectivity index (χ2v) is 7.68. The Kier molecular flexibility index (Phi) is 5.94. The van der Waals surface area contributed by atoms with Gasteiger partial charge in [0.15, 0.2) is 0 Å². The number of nitrogens with zero attached hydrogens (tertiary/aromatic N) is 2. The number of fused-ring (bicyclic) bond motifs is 1. The molecule has 0 atom stereocenters. The van der Waals surface area contributed by atoms with Crippen molar-refractivity contribution in [2.45, 2.75) is 18.4 Å². The van der Waals surface area contributed by atoms with E-state index >= 15 is 0 Å². The number of aromatic nitrogens is 1. The number of thiazole rings is 1. The minimum atomic E-state index is 0.0955. The lowest BCUT2D eigenvalue weighted by Gasteiger charge is -2.15. The molecule has 0 radical (unpaired) electrons. The van der Waals surface area contributed by atoms with Gasteiger partial charge in [-0.05, 0) is 43.3 Å². The standard InChI is InChI=1S/C19H20N2O2S2/c1-3-23-14-8-10-15(11-9-14)24-13-19(22)21(2)12-18-20-16-6-4-5-7-17(16)25-18/h4-11H,3,12-13H2,1-2H3. The third kappa shape index (κ3) is 4.74. The summed E-state index contributed by atoms with van der Waals surface area (Å²) in [6.07, 6.45) is 0. The highest BCUT2D eigenvalue weighted by Gasteiger charge is 2.12. The molecule has 0 fully saturated rings. The second-order valence-electron chi connectivity index (χ2n) is 5.52. The molecule has 0 aliphatic heterocycles. The van der Waals surface area contributed by atoms with Gasteiger partial charge in [0.1, 0.15) is 10.8 Å². The minimum absolute atomic E-state index is 0.0955. The van der Waals surface area contributed by atoms with E-state index in [1.165, 1.54) is 11.8 Å². The van der Waals surface area contributed by atoms with Gasteiger partial charge in [-0.3, -0.25) is 4.79 Å². The molecule has 130 valence electrons. The van der Waals surface area contributed by atoms with Crippen LogP contribution in [0.5, 0.6) is 5.75 Å². The normalized spacial score (nSPS) is 10.8. The number of ether oxygens (including phenoxy) is 1. The highest BCUT2D eigenvalue weighted by molar-refractivity contribution is 8.00.